The van der Waals surface area contributed by atoms with Crippen molar-refractivity contribution in [3.05, 3.63) is 0 Å². The van der Waals surface area contributed by atoms with Gasteiger partial charge < -0.3 is 10.4 Å². The van der Waals surface area contributed by atoms with Crippen molar-refractivity contribution in [2.24, 2.45) is 17.8 Å². The van der Waals surface area contributed by atoms with Crippen LogP contribution in [0.3, 0.4) is 0 Å². The molecule has 0 aromatic rings. The molecule has 5 atom stereocenters. The van der Waals surface area contributed by atoms with Crippen LogP contribution in [0.5, 0.6) is 0 Å². The van der Waals surface area contributed by atoms with Gasteiger partial charge in [-0.3, -0.25) is 0 Å². The largest absolute Gasteiger partial charge is 0.414 e. The normalized spacial score (nSPS) is 38.5. The van der Waals surface area contributed by atoms with Gasteiger partial charge in [-0.1, -0.05) is 6.42 Å². The lowest BCUT2D eigenvalue weighted by Crippen LogP contribution is -2.52. The van der Waals surface area contributed by atoms with E-state index in [2.05, 4.69) is 5.32 Å². The first-order valence-electron chi connectivity index (χ1n) is 6.39. The van der Waals surface area contributed by atoms with Crippen LogP contribution in [0.2, 0.25) is 0 Å². The van der Waals surface area contributed by atoms with Gasteiger partial charge in [-0.25, -0.2) is 0 Å². The maximum absolute atomic E-state index is 12.6. The molecule has 1 heterocycles. The van der Waals surface area contributed by atoms with E-state index in [9.17, 15) is 18.3 Å². The molecule has 0 spiro atoms. The quantitative estimate of drug-likeness (QED) is 0.777. The fourth-order valence-corrected chi connectivity index (χ4v) is 3.65. The number of hydrogen-bond donors (Lipinski definition) is 2. The van der Waals surface area contributed by atoms with Crippen LogP contribution in [0.15, 0.2) is 0 Å². The molecule has 2 rings (SSSR count). The minimum Gasteiger partial charge on any atom is -0.383 e. The minimum absolute atomic E-state index is 0. The number of nitrogens with one attached hydrogen (secondary N) is 1. The van der Waals surface area contributed by atoms with Gasteiger partial charge >= 0.3 is 6.18 Å². The van der Waals surface area contributed by atoms with Crippen molar-refractivity contribution in [2.45, 2.75) is 50.9 Å². The molecule has 6 heteroatoms. The number of halogens is 4. The van der Waals surface area contributed by atoms with E-state index in [4.69, 9.17) is 0 Å². The van der Waals surface area contributed by atoms with Gasteiger partial charge in [0.2, 0.25) is 0 Å². The molecule has 0 amide bonds. The van der Waals surface area contributed by atoms with Crippen LogP contribution in [-0.4, -0.2) is 30.0 Å². The number of piperidine rings is 1. The number of alkyl halides is 3. The van der Waals surface area contributed by atoms with Crippen LogP contribution in [0.1, 0.15) is 32.6 Å². The second-order valence-corrected chi connectivity index (χ2v) is 5.44. The molecule has 2 N–H and O–H groups in total. The van der Waals surface area contributed by atoms with E-state index in [1.165, 1.54) is 0 Å². The summed E-state index contributed by atoms with van der Waals surface area (Å²) >= 11 is 0. The molecule has 1 aliphatic heterocycles. The summed E-state index contributed by atoms with van der Waals surface area (Å²) in [5.74, 6) is -0.283. The number of rotatable bonds is 1. The Labute approximate surface area is 112 Å². The topological polar surface area (TPSA) is 32.3 Å². The number of hydrogen-bond acceptors (Lipinski definition) is 2. The van der Waals surface area contributed by atoms with Crippen LogP contribution in [0, 0.1) is 17.8 Å². The second kappa shape index (κ2) is 5.97. The van der Waals surface area contributed by atoms with Gasteiger partial charge in [0.1, 0.15) is 0 Å². The average Bonchev–Trinajstić information content (AvgIpc) is 2.27. The lowest BCUT2D eigenvalue weighted by atomic mass is 9.64. The summed E-state index contributed by atoms with van der Waals surface area (Å²) in [7, 11) is 0. The highest BCUT2D eigenvalue weighted by molar-refractivity contribution is 5.85. The van der Waals surface area contributed by atoms with Crippen LogP contribution < -0.4 is 5.32 Å². The number of aliphatic hydroxyl groups is 1. The van der Waals surface area contributed by atoms with Crippen molar-refractivity contribution >= 4 is 12.4 Å². The highest BCUT2D eigenvalue weighted by atomic mass is 35.5. The van der Waals surface area contributed by atoms with Crippen molar-refractivity contribution in [2.75, 3.05) is 6.54 Å². The molecule has 1 saturated heterocycles. The molecule has 18 heavy (non-hydrogen) atoms. The highest BCUT2D eigenvalue weighted by Crippen LogP contribution is 2.45. The van der Waals surface area contributed by atoms with E-state index in [1.54, 1.807) is 0 Å². The van der Waals surface area contributed by atoms with Gasteiger partial charge in [-0.05, 0) is 50.5 Å². The van der Waals surface area contributed by atoms with Gasteiger partial charge in [-0.15, -0.1) is 12.4 Å². The Morgan fingerprint density at radius 1 is 1.17 bits per heavy atom. The van der Waals surface area contributed by atoms with E-state index in [1.807, 2.05) is 6.92 Å². The zero-order valence-corrected chi connectivity index (χ0v) is 11.2. The maximum Gasteiger partial charge on any atom is 0.414 e. The molecule has 2 aliphatic rings. The van der Waals surface area contributed by atoms with E-state index >= 15 is 0 Å². The van der Waals surface area contributed by atoms with Gasteiger partial charge in [-0.2, -0.15) is 13.2 Å². The van der Waals surface area contributed by atoms with Gasteiger partial charge in [0.25, 0.3) is 0 Å². The molecule has 0 unspecified atom stereocenters. The van der Waals surface area contributed by atoms with E-state index in [0.717, 1.165) is 25.8 Å². The summed E-state index contributed by atoms with van der Waals surface area (Å²) in [5, 5.41) is 12.8. The first-order chi connectivity index (χ1) is 7.91. The fourth-order valence-electron chi connectivity index (χ4n) is 3.65. The highest BCUT2D eigenvalue weighted by Gasteiger charge is 2.49. The van der Waals surface area contributed by atoms with Crippen LogP contribution in [0.25, 0.3) is 0 Å². The number of fused-ring (bicyclic) bond motifs is 1. The fraction of sp³-hybridized carbons (Fsp3) is 1.00. The molecule has 2 nitrogen and oxygen atoms in total. The molecule has 1 aliphatic carbocycles. The maximum atomic E-state index is 12.6. The lowest BCUT2D eigenvalue weighted by Gasteiger charge is -2.46. The van der Waals surface area contributed by atoms with Crippen molar-refractivity contribution in [1.82, 2.24) is 5.32 Å². The average molecular weight is 288 g/mol. The predicted octanol–water partition coefficient (Wildman–Crippen LogP) is 2.75. The summed E-state index contributed by atoms with van der Waals surface area (Å²) in [4.78, 5) is 0. The smallest absolute Gasteiger partial charge is 0.383 e. The third-order valence-corrected chi connectivity index (χ3v) is 4.50. The molecular weight excluding hydrogens is 267 g/mol. The van der Waals surface area contributed by atoms with E-state index in [0.29, 0.717) is 12.3 Å². The SMILES string of the molecule is C[C@@H]1NCC[C@H]2[C@H]([C@H](O)C(F)(F)F)CCC[C@@H]21.Cl. The van der Waals surface area contributed by atoms with Gasteiger partial charge in [0, 0.05) is 6.04 Å². The zero-order valence-electron chi connectivity index (χ0n) is 10.4. The summed E-state index contributed by atoms with van der Waals surface area (Å²) in [6.45, 7) is 2.81. The molecule has 108 valence electrons. The molecular formula is C12H21ClF3NO. The molecule has 0 aromatic carbocycles. The van der Waals surface area contributed by atoms with Crippen molar-refractivity contribution < 1.29 is 18.3 Å². The zero-order chi connectivity index (χ0) is 12.6. The number of aliphatic hydroxyl groups excluding tert-OH is 1. The summed E-state index contributed by atoms with van der Waals surface area (Å²) in [6.07, 6.45) is -3.56. The first kappa shape index (κ1) is 16.1. The Kier molecular flexibility index (Phi) is 5.32. The van der Waals surface area contributed by atoms with Crippen LogP contribution in [0.4, 0.5) is 13.2 Å². The summed E-state index contributed by atoms with van der Waals surface area (Å²) in [5.41, 5.74) is 0. The second-order valence-electron chi connectivity index (χ2n) is 5.44. The molecule has 0 aromatic heterocycles. The van der Waals surface area contributed by atoms with Crippen molar-refractivity contribution in [3.8, 4) is 0 Å². The van der Waals surface area contributed by atoms with E-state index in [-0.39, 0.29) is 24.4 Å². The van der Waals surface area contributed by atoms with Crippen LogP contribution in [-0.2, 0) is 0 Å². The van der Waals surface area contributed by atoms with E-state index < -0.39 is 18.2 Å². The Hall–Kier alpha value is -0.0000000000000000555. The van der Waals surface area contributed by atoms with Gasteiger partial charge in [0.05, 0.1) is 0 Å². The molecule has 0 radical (unpaired) electrons. The summed E-state index contributed by atoms with van der Waals surface area (Å²) < 4.78 is 37.9. The monoisotopic (exact) mass is 287 g/mol. The first-order valence-corrected chi connectivity index (χ1v) is 6.39. The Balaban J connectivity index is 0.00000162. The predicted molar refractivity (Wildman–Crippen MR) is 65.7 cm³/mol. The van der Waals surface area contributed by atoms with Crippen LogP contribution >= 0.6 is 12.4 Å². The standard InChI is InChI=1S/C12H20F3NO.ClH/c1-7-8-3-2-4-10(9(8)5-6-16-7)11(17)12(13,14)15;/h7-11,16-17H,2-6H2,1H3;1H/t7-,8+,9+,10+,11-;/m0./s1. The van der Waals surface area contributed by atoms with Gasteiger partial charge in [0.15, 0.2) is 6.10 Å². The molecule has 0 bridgehead atoms. The Morgan fingerprint density at radius 2 is 1.83 bits per heavy atom. The lowest BCUT2D eigenvalue weighted by molar-refractivity contribution is -0.231. The third kappa shape index (κ3) is 3.11. The molecule has 2 fully saturated rings. The third-order valence-electron chi connectivity index (χ3n) is 4.50. The van der Waals surface area contributed by atoms with Crippen molar-refractivity contribution in [3.63, 3.8) is 0 Å². The molecule has 1 saturated carbocycles. The Morgan fingerprint density at radius 3 is 2.44 bits per heavy atom. The summed E-state index contributed by atoms with van der Waals surface area (Å²) in [6, 6.07) is 0.275. The van der Waals surface area contributed by atoms with Crippen molar-refractivity contribution in [1.29, 1.82) is 0 Å². The Bertz CT molecular complexity index is 275. The minimum atomic E-state index is -4.47.